The van der Waals surface area contributed by atoms with Crippen LogP contribution >= 0.6 is 0 Å². The Morgan fingerprint density at radius 1 is 1.24 bits per heavy atom. The number of methoxy groups -OCH3 is 2. The Morgan fingerprint density at radius 3 is 2.73 bits per heavy atom. The van der Waals surface area contributed by atoms with Crippen molar-refractivity contribution in [2.45, 2.75) is 57.4 Å². The number of aryl methyl sites for hydroxylation is 1. The number of nitrogens with zero attached hydrogens (tertiary/aromatic N) is 1. The molecule has 0 spiro atoms. The monoisotopic (exact) mass is 450 g/mol. The summed E-state index contributed by atoms with van der Waals surface area (Å²) in [7, 11) is 3.03. The van der Waals surface area contributed by atoms with E-state index in [1.165, 1.54) is 37.6 Å². The fraction of sp³-hybridized carbons (Fsp3) is 0.556. The Kier molecular flexibility index (Phi) is 5.60. The van der Waals surface area contributed by atoms with E-state index in [0.717, 1.165) is 48.7 Å². The van der Waals surface area contributed by atoms with Crippen molar-refractivity contribution in [2.24, 2.45) is 11.8 Å². The maximum atomic E-state index is 12.7. The molecule has 5 rings (SSSR count). The van der Waals surface area contributed by atoms with E-state index in [0.29, 0.717) is 12.0 Å². The lowest BCUT2D eigenvalue weighted by Crippen LogP contribution is -2.59. The molecule has 3 unspecified atom stereocenters. The van der Waals surface area contributed by atoms with Crippen LogP contribution in [0.2, 0.25) is 0 Å². The number of benzene rings is 1. The molecule has 0 radical (unpaired) electrons. The smallest absolute Gasteiger partial charge is 0.343 e. The lowest BCUT2D eigenvalue weighted by atomic mass is 9.55. The van der Waals surface area contributed by atoms with Gasteiger partial charge in [0.25, 0.3) is 5.56 Å². The minimum atomic E-state index is -0.577. The second-order valence-corrected chi connectivity index (χ2v) is 10.3. The molecule has 3 aliphatic rings. The Bertz CT molecular complexity index is 1140. The molecular formula is C27H34N2O4. The number of aromatic amines is 1. The van der Waals surface area contributed by atoms with Gasteiger partial charge < -0.3 is 19.4 Å². The van der Waals surface area contributed by atoms with E-state index in [-0.39, 0.29) is 16.5 Å². The zero-order valence-electron chi connectivity index (χ0n) is 20.1. The topological polar surface area (TPSA) is 71.6 Å². The zero-order valence-corrected chi connectivity index (χ0v) is 20.1. The van der Waals surface area contributed by atoms with E-state index in [2.05, 4.69) is 35.9 Å². The van der Waals surface area contributed by atoms with Crippen LogP contribution in [-0.2, 0) is 23.0 Å². The van der Waals surface area contributed by atoms with Gasteiger partial charge in [-0.25, -0.2) is 4.79 Å². The molecular weight excluding hydrogens is 416 g/mol. The summed E-state index contributed by atoms with van der Waals surface area (Å²) in [4.78, 5) is 30.6. The molecule has 33 heavy (non-hydrogen) atoms. The van der Waals surface area contributed by atoms with Crippen molar-refractivity contribution in [1.29, 1.82) is 0 Å². The maximum Gasteiger partial charge on any atom is 0.343 e. The number of hydrogen-bond acceptors (Lipinski definition) is 5. The number of hydrogen-bond donors (Lipinski definition) is 1. The molecule has 0 amide bonds. The minimum Gasteiger partial charge on any atom is -0.497 e. The normalized spacial score (nSPS) is 26.9. The second kappa shape index (κ2) is 8.32. The third-order valence-electron chi connectivity index (χ3n) is 8.44. The third-order valence-corrected chi connectivity index (χ3v) is 8.44. The number of H-pyrrole nitrogens is 1. The van der Waals surface area contributed by atoms with Crippen molar-refractivity contribution in [3.8, 4) is 5.75 Å². The Balaban J connectivity index is 1.63. The van der Waals surface area contributed by atoms with Crippen LogP contribution in [-0.4, -0.2) is 49.2 Å². The van der Waals surface area contributed by atoms with Gasteiger partial charge in [-0.05, 0) is 99.2 Å². The Morgan fingerprint density at radius 2 is 2.03 bits per heavy atom. The fourth-order valence-electron chi connectivity index (χ4n) is 6.38. The SMILES string of the molecule is COC(=O)c1cc2c([nH]c1=O)CC1(c3cc(OC)ccc3C)CCN(CC3CC3)C(C)C1C2. The van der Waals surface area contributed by atoms with E-state index < -0.39 is 5.97 Å². The van der Waals surface area contributed by atoms with E-state index in [1.54, 1.807) is 13.2 Å². The minimum absolute atomic E-state index is 0.0825. The van der Waals surface area contributed by atoms with Gasteiger partial charge in [0, 0.05) is 23.7 Å². The molecule has 176 valence electrons. The predicted molar refractivity (Wildman–Crippen MR) is 127 cm³/mol. The van der Waals surface area contributed by atoms with Gasteiger partial charge in [-0.3, -0.25) is 4.79 Å². The van der Waals surface area contributed by atoms with Crippen molar-refractivity contribution in [1.82, 2.24) is 9.88 Å². The highest BCUT2D eigenvalue weighted by Gasteiger charge is 2.51. The quantitative estimate of drug-likeness (QED) is 0.705. The van der Waals surface area contributed by atoms with Crippen LogP contribution in [0.1, 0.15) is 58.9 Å². The van der Waals surface area contributed by atoms with Crippen LogP contribution in [0.5, 0.6) is 5.75 Å². The van der Waals surface area contributed by atoms with Crippen molar-refractivity contribution in [3.63, 3.8) is 0 Å². The Hall–Kier alpha value is -2.60. The summed E-state index contributed by atoms with van der Waals surface area (Å²) in [6.45, 7) is 6.79. The van der Waals surface area contributed by atoms with Crippen LogP contribution in [0.25, 0.3) is 0 Å². The van der Waals surface area contributed by atoms with Gasteiger partial charge in [0.2, 0.25) is 0 Å². The summed E-state index contributed by atoms with van der Waals surface area (Å²) < 4.78 is 10.5. The van der Waals surface area contributed by atoms with Gasteiger partial charge in [0.15, 0.2) is 0 Å². The number of aromatic nitrogens is 1. The summed E-state index contributed by atoms with van der Waals surface area (Å²) in [6, 6.07) is 8.57. The van der Waals surface area contributed by atoms with Crippen molar-refractivity contribution < 1.29 is 14.3 Å². The van der Waals surface area contributed by atoms with Crippen LogP contribution < -0.4 is 10.3 Å². The lowest BCUT2D eigenvalue weighted by molar-refractivity contribution is 0.0246. The standard InChI is InChI=1S/C27H34N2O4/c1-16-5-8-20(32-3)13-22(16)27-9-10-29(15-18-6-7-18)17(2)23(27)12-19-11-21(26(31)33-4)25(30)28-24(19)14-27/h5,8,11,13,17-18,23H,6-7,9-10,12,14-15H2,1-4H3,(H,28,30). The number of carbonyl (C=O) groups is 1. The lowest BCUT2D eigenvalue weighted by Gasteiger charge is -2.55. The predicted octanol–water partition coefficient (Wildman–Crippen LogP) is 3.64. The summed E-state index contributed by atoms with van der Waals surface area (Å²) in [5.41, 5.74) is 4.26. The fourth-order valence-corrected chi connectivity index (χ4v) is 6.38. The van der Waals surface area contributed by atoms with Gasteiger partial charge in [0.05, 0.1) is 14.2 Å². The van der Waals surface area contributed by atoms with Gasteiger partial charge in [0.1, 0.15) is 11.3 Å². The molecule has 1 aromatic carbocycles. The largest absolute Gasteiger partial charge is 0.497 e. The highest BCUT2D eigenvalue weighted by molar-refractivity contribution is 5.89. The zero-order chi connectivity index (χ0) is 23.3. The number of fused-ring (bicyclic) bond motifs is 2. The van der Waals surface area contributed by atoms with Gasteiger partial charge in [-0.2, -0.15) is 0 Å². The number of carbonyl (C=O) groups excluding carboxylic acids is 1. The molecule has 1 aliphatic heterocycles. The Labute approximate surface area is 195 Å². The second-order valence-electron chi connectivity index (χ2n) is 10.3. The first-order chi connectivity index (χ1) is 15.9. The number of nitrogens with one attached hydrogen (secondary N) is 1. The molecule has 2 aliphatic carbocycles. The first kappa shape index (κ1) is 22.2. The van der Waals surface area contributed by atoms with Crippen LogP contribution in [0.15, 0.2) is 29.1 Å². The summed E-state index contributed by atoms with van der Waals surface area (Å²) in [6.07, 6.45) is 5.33. The van der Waals surface area contributed by atoms with Crippen molar-refractivity contribution in [3.05, 3.63) is 62.6 Å². The molecule has 2 aromatic rings. The average Bonchev–Trinajstić information content (AvgIpc) is 3.63. The molecule has 6 nitrogen and oxygen atoms in total. The first-order valence-electron chi connectivity index (χ1n) is 12.1. The van der Waals surface area contributed by atoms with E-state index in [1.807, 2.05) is 6.07 Å². The van der Waals surface area contributed by atoms with Gasteiger partial charge in [-0.1, -0.05) is 6.07 Å². The first-order valence-corrected chi connectivity index (χ1v) is 12.1. The molecule has 2 fully saturated rings. The van der Waals surface area contributed by atoms with Crippen LogP contribution in [0.3, 0.4) is 0 Å². The van der Waals surface area contributed by atoms with E-state index in [9.17, 15) is 9.59 Å². The maximum absolute atomic E-state index is 12.7. The summed E-state index contributed by atoms with van der Waals surface area (Å²) >= 11 is 0. The number of rotatable bonds is 5. The summed E-state index contributed by atoms with van der Waals surface area (Å²) in [5.74, 6) is 1.51. The molecule has 1 saturated heterocycles. The molecule has 0 bridgehead atoms. The van der Waals surface area contributed by atoms with E-state index in [4.69, 9.17) is 9.47 Å². The number of piperidine rings is 1. The van der Waals surface area contributed by atoms with Crippen LogP contribution in [0.4, 0.5) is 0 Å². The molecule has 2 heterocycles. The highest BCUT2D eigenvalue weighted by Crippen LogP contribution is 2.51. The molecule has 1 saturated carbocycles. The average molecular weight is 451 g/mol. The van der Waals surface area contributed by atoms with E-state index >= 15 is 0 Å². The van der Waals surface area contributed by atoms with Crippen molar-refractivity contribution >= 4 is 5.97 Å². The number of likely N-dealkylation sites (tertiary alicyclic amines) is 1. The number of pyridine rings is 1. The van der Waals surface area contributed by atoms with Gasteiger partial charge in [-0.15, -0.1) is 0 Å². The number of esters is 1. The molecule has 3 atom stereocenters. The van der Waals surface area contributed by atoms with Crippen LogP contribution in [0, 0.1) is 18.8 Å². The highest BCUT2D eigenvalue weighted by atomic mass is 16.5. The third kappa shape index (κ3) is 3.78. The van der Waals surface area contributed by atoms with Crippen molar-refractivity contribution in [2.75, 3.05) is 27.3 Å². The van der Waals surface area contributed by atoms with Gasteiger partial charge >= 0.3 is 5.97 Å². The molecule has 1 aromatic heterocycles. The molecule has 1 N–H and O–H groups in total. The number of ether oxygens (including phenoxy) is 2. The molecule has 6 heteroatoms. The summed E-state index contributed by atoms with van der Waals surface area (Å²) in [5, 5.41) is 0.